The molecular weight excluding hydrogens is 675 g/mol. The Morgan fingerprint density at radius 1 is 0.816 bits per heavy atom. The van der Waals surface area contributed by atoms with Crippen molar-refractivity contribution in [2.45, 2.75) is 68.2 Å². The zero-order valence-corrected chi connectivity index (χ0v) is 28.2. The summed E-state index contributed by atoms with van der Waals surface area (Å²) in [7, 11) is -4.58. The van der Waals surface area contributed by atoms with E-state index in [9.17, 15) is 31.2 Å². The molecule has 0 bridgehead atoms. The normalized spacial score (nSPS) is 14.5. The molecule has 0 spiro atoms. The summed E-state index contributed by atoms with van der Waals surface area (Å²) in [4.78, 5) is 29.8. The van der Waals surface area contributed by atoms with E-state index in [4.69, 9.17) is 11.6 Å². The average molecular weight is 712 g/mol. The van der Waals surface area contributed by atoms with Crippen LogP contribution >= 0.6 is 11.6 Å². The highest BCUT2D eigenvalue weighted by molar-refractivity contribution is 7.92. The molecule has 0 saturated heterocycles. The summed E-state index contributed by atoms with van der Waals surface area (Å²) in [6, 6.07) is 26.8. The molecule has 1 N–H and O–H groups in total. The SMILES string of the molecule is O=C(NC1CCCCC1)C(Cc1ccccc1)N(Cc1ccccc1)C(=O)CN(c1ccc(Cl)c(C(F)(F)F)c1)S(=O)(=O)c1ccccc1. The molecule has 5 rings (SSSR count). The molecule has 0 radical (unpaired) electrons. The first-order chi connectivity index (χ1) is 23.4. The van der Waals surface area contributed by atoms with E-state index in [0.717, 1.165) is 49.8 Å². The molecular formula is C37H37ClF3N3O4S. The van der Waals surface area contributed by atoms with Gasteiger partial charge in [0.2, 0.25) is 11.8 Å². The summed E-state index contributed by atoms with van der Waals surface area (Å²) >= 11 is 5.89. The van der Waals surface area contributed by atoms with Gasteiger partial charge in [0.15, 0.2) is 0 Å². The van der Waals surface area contributed by atoms with Gasteiger partial charge in [-0.1, -0.05) is 110 Å². The number of hydrogen-bond donors (Lipinski definition) is 1. The van der Waals surface area contributed by atoms with E-state index in [-0.39, 0.29) is 29.8 Å². The van der Waals surface area contributed by atoms with Crippen LogP contribution in [0.4, 0.5) is 18.9 Å². The topological polar surface area (TPSA) is 86.8 Å². The number of nitrogens with one attached hydrogen (secondary N) is 1. The lowest BCUT2D eigenvalue weighted by Gasteiger charge is -2.35. The van der Waals surface area contributed by atoms with E-state index >= 15 is 0 Å². The Balaban J connectivity index is 1.59. The van der Waals surface area contributed by atoms with Crippen LogP contribution in [0.2, 0.25) is 5.02 Å². The second-order valence-electron chi connectivity index (χ2n) is 12.0. The standard InChI is InChI=1S/C37H37ClF3N3O4S/c38-33-22-21-30(24-32(33)37(39,40)41)44(49(47,48)31-19-11-4-12-20-31)26-35(45)43(25-28-15-7-2-8-16-28)34(23-27-13-5-1-6-14-27)36(46)42-29-17-9-3-10-18-29/h1-2,4-8,11-16,19-22,24,29,34H,3,9-10,17-18,23,25-26H2,(H,42,46). The number of alkyl halides is 3. The number of hydrogen-bond acceptors (Lipinski definition) is 4. The van der Waals surface area contributed by atoms with Crippen LogP contribution < -0.4 is 9.62 Å². The maximum Gasteiger partial charge on any atom is 0.417 e. The van der Waals surface area contributed by atoms with Crippen molar-refractivity contribution < 1.29 is 31.2 Å². The van der Waals surface area contributed by atoms with Gasteiger partial charge >= 0.3 is 6.18 Å². The molecule has 1 aliphatic rings. The molecule has 1 atom stereocenters. The maximum absolute atomic E-state index is 14.6. The van der Waals surface area contributed by atoms with Gasteiger partial charge < -0.3 is 10.2 Å². The number of rotatable bonds is 12. The number of nitrogens with zero attached hydrogens (tertiary/aromatic N) is 2. The Kier molecular flexibility index (Phi) is 11.7. The number of carbonyl (C=O) groups is 2. The fourth-order valence-corrected chi connectivity index (χ4v) is 7.66. The fourth-order valence-electron chi connectivity index (χ4n) is 6.01. The molecule has 258 valence electrons. The third-order valence-corrected chi connectivity index (χ3v) is 10.7. The quantitative estimate of drug-likeness (QED) is 0.164. The van der Waals surface area contributed by atoms with Gasteiger partial charge in [-0.2, -0.15) is 13.2 Å². The minimum atomic E-state index is -4.89. The van der Waals surface area contributed by atoms with Crippen LogP contribution in [-0.2, 0) is 38.8 Å². The van der Waals surface area contributed by atoms with Crippen molar-refractivity contribution in [3.8, 4) is 0 Å². The second-order valence-corrected chi connectivity index (χ2v) is 14.3. The van der Waals surface area contributed by atoms with E-state index in [1.165, 1.54) is 29.2 Å². The Bertz CT molecular complexity index is 1820. The van der Waals surface area contributed by atoms with Gasteiger partial charge in [-0.05, 0) is 54.3 Å². The summed E-state index contributed by atoms with van der Waals surface area (Å²) in [5.41, 5.74) is -0.191. The lowest BCUT2D eigenvalue weighted by Crippen LogP contribution is -2.55. The van der Waals surface area contributed by atoms with Crippen LogP contribution in [0.25, 0.3) is 0 Å². The van der Waals surface area contributed by atoms with Crippen molar-refractivity contribution in [3.63, 3.8) is 0 Å². The van der Waals surface area contributed by atoms with Gasteiger partial charge in [0.1, 0.15) is 12.6 Å². The first-order valence-electron chi connectivity index (χ1n) is 16.1. The van der Waals surface area contributed by atoms with E-state index in [0.29, 0.717) is 15.9 Å². The van der Waals surface area contributed by atoms with Gasteiger partial charge in [-0.25, -0.2) is 8.42 Å². The van der Waals surface area contributed by atoms with Crippen molar-refractivity contribution in [2.24, 2.45) is 0 Å². The van der Waals surface area contributed by atoms with Crippen molar-refractivity contribution in [1.82, 2.24) is 10.2 Å². The number of carbonyl (C=O) groups excluding carboxylic acids is 2. The zero-order valence-electron chi connectivity index (χ0n) is 26.7. The molecule has 1 aliphatic carbocycles. The molecule has 0 heterocycles. The largest absolute Gasteiger partial charge is 0.417 e. The molecule has 4 aromatic rings. The highest BCUT2D eigenvalue weighted by Gasteiger charge is 2.38. The van der Waals surface area contributed by atoms with Crippen LogP contribution in [0.3, 0.4) is 0 Å². The summed E-state index contributed by atoms with van der Waals surface area (Å²) in [6.07, 6.45) is -0.151. The van der Waals surface area contributed by atoms with Gasteiger partial charge in [0.25, 0.3) is 10.0 Å². The van der Waals surface area contributed by atoms with Crippen LogP contribution in [0.15, 0.2) is 114 Å². The molecule has 0 aliphatic heterocycles. The third-order valence-electron chi connectivity index (χ3n) is 8.57. The van der Waals surface area contributed by atoms with Gasteiger partial charge in [-0.15, -0.1) is 0 Å². The van der Waals surface area contributed by atoms with E-state index in [2.05, 4.69) is 5.32 Å². The van der Waals surface area contributed by atoms with Gasteiger partial charge in [-0.3, -0.25) is 13.9 Å². The second kappa shape index (κ2) is 15.9. The molecule has 7 nitrogen and oxygen atoms in total. The Labute approximate surface area is 289 Å². The molecule has 1 fully saturated rings. The van der Waals surface area contributed by atoms with Crippen molar-refractivity contribution in [1.29, 1.82) is 0 Å². The number of sulfonamides is 1. The highest BCUT2D eigenvalue weighted by atomic mass is 35.5. The highest BCUT2D eigenvalue weighted by Crippen LogP contribution is 2.38. The number of halogens is 4. The van der Waals surface area contributed by atoms with E-state index in [1.807, 2.05) is 30.3 Å². The summed E-state index contributed by atoms with van der Waals surface area (Å²) in [6.45, 7) is -0.937. The number of benzene rings is 4. The van der Waals surface area contributed by atoms with Crippen molar-refractivity contribution in [3.05, 3.63) is 131 Å². The zero-order chi connectivity index (χ0) is 35.0. The monoisotopic (exact) mass is 711 g/mol. The lowest BCUT2D eigenvalue weighted by molar-refractivity contribution is -0.140. The Morgan fingerprint density at radius 2 is 1.39 bits per heavy atom. The molecule has 1 unspecified atom stereocenters. The molecule has 2 amide bonds. The predicted molar refractivity (Wildman–Crippen MR) is 183 cm³/mol. The first-order valence-corrected chi connectivity index (χ1v) is 17.9. The molecule has 4 aromatic carbocycles. The molecule has 0 aromatic heterocycles. The average Bonchev–Trinajstić information content (AvgIpc) is 3.10. The summed E-state index contributed by atoms with van der Waals surface area (Å²) in [5.74, 6) is -1.16. The third kappa shape index (κ3) is 9.21. The van der Waals surface area contributed by atoms with Crippen molar-refractivity contribution in [2.75, 3.05) is 10.8 Å². The minimum Gasteiger partial charge on any atom is -0.352 e. The molecule has 12 heteroatoms. The van der Waals surface area contributed by atoms with Crippen LogP contribution in [0, 0.1) is 0 Å². The number of amides is 2. The van der Waals surface area contributed by atoms with Crippen LogP contribution in [-0.4, -0.2) is 43.8 Å². The smallest absolute Gasteiger partial charge is 0.352 e. The maximum atomic E-state index is 14.6. The van der Waals surface area contributed by atoms with Crippen LogP contribution in [0.5, 0.6) is 0 Å². The van der Waals surface area contributed by atoms with Crippen molar-refractivity contribution >= 4 is 39.1 Å². The summed E-state index contributed by atoms with van der Waals surface area (Å²) < 4.78 is 70.8. The molecule has 49 heavy (non-hydrogen) atoms. The summed E-state index contributed by atoms with van der Waals surface area (Å²) in [5, 5.41) is 2.51. The van der Waals surface area contributed by atoms with Crippen LogP contribution in [0.1, 0.15) is 48.8 Å². The number of anilines is 1. The lowest BCUT2D eigenvalue weighted by atomic mass is 9.94. The Hall–Kier alpha value is -4.35. The molecule has 1 saturated carbocycles. The predicted octanol–water partition coefficient (Wildman–Crippen LogP) is 7.64. The van der Waals surface area contributed by atoms with Gasteiger partial charge in [0, 0.05) is 19.0 Å². The van der Waals surface area contributed by atoms with Gasteiger partial charge in [0.05, 0.1) is 21.2 Å². The first kappa shape index (κ1) is 35.9. The van der Waals surface area contributed by atoms with E-state index < -0.39 is 51.0 Å². The minimum absolute atomic E-state index is 0.0527. The van der Waals surface area contributed by atoms with E-state index in [1.54, 1.807) is 36.4 Å². The Morgan fingerprint density at radius 3 is 1.98 bits per heavy atom. The fraction of sp³-hybridized carbons (Fsp3) is 0.297.